The zero-order valence-corrected chi connectivity index (χ0v) is 7.18. The summed E-state index contributed by atoms with van der Waals surface area (Å²) in [7, 11) is 0. The van der Waals surface area contributed by atoms with Crippen molar-refractivity contribution in [3.05, 3.63) is 30.4 Å². The van der Waals surface area contributed by atoms with Crippen LogP contribution in [0, 0.1) is 6.92 Å². The van der Waals surface area contributed by atoms with Gasteiger partial charge >= 0.3 is 0 Å². The third-order valence-electron chi connectivity index (χ3n) is 1.74. The molecule has 66 valence electrons. The summed E-state index contributed by atoms with van der Waals surface area (Å²) in [6.07, 6.45) is 3.54. The molecule has 5 heteroatoms. The number of hydrogen-bond donors (Lipinski definition) is 1. The van der Waals surface area contributed by atoms with Crippen LogP contribution in [0.5, 0.6) is 0 Å². The second-order valence-electron chi connectivity index (χ2n) is 2.66. The van der Waals surface area contributed by atoms with Gasteiger partial charge < -0.3 is 5.73 Å². The van der Waals surface area contributed by atoms with Gasteiger partial charge in [0.05, 0.1) is 0 Å². The van der Waals surface area contributed by atoms with Gasteiger partial charge in [0.25, 0.3) is 0 Å². The fourth-order valence-electron chi connectivity index (χ4n) is 1.08. The van der Waals surface area contributed by atoms with Crippen LogP contribution < -0.4 is 5.73 Å². The lowest BCUT2D eigenvalue weighted by Crippen LogP contribution is -2.01. The summed E-state index contributed by atoms with van der Waals surface area (Å²) < 4.78 is 1.84. The van der Waals surface area contributed by atoms with Gasteiger partial charge in [-0.15, -0.1) is 10.2 Å². The topological polar surface area (TPSA) is 69.6 Å². The maximum Gasteiger partial charge on any atom is 0.160 e. The summed E-state index contributed by atoms with van der Waals surface area (Å²) in [4.78, 5) is 4.08. The predicted octanol–water partition coefficient (Wildman–Crippen LogP) is 0.553. The average Bonchev–Trinajstić information content (AvgIpc) is 2.53. The van der Waals surface area contributed by atoms with Crippen LogP contribution in [0.2, 0.25) is 0 Å². The number of imidazole rings is 1. The monoisotopic (exact) mass is 175 g/mol. The van der Waals surface area contributed by atoms with E-state index in [-0.39, 0.29) is 0 Å². The molecule has 2 aromatic rings. The molecule has 2 N–H and O–H groups in total. The second-order valence-corrected chi connectivity index (χ2v) is 2.66. The molecule has 0 spiro atoms. The smallest absolute Gasteiger partial charge is 0.160 e. The molecular formula is C8H9N5. The van der Waals surface area contributed by atoms with Crippen molar-refractivity contribution >= 4 is 5.82 Å². The summed E-state index contributed by atoms with van der Waals surface area (Å²) >= 11 is 0. The molecule has 0 bridgehead atoms. The molecule has 0 aliphatic heterocycles. The lowest BCUT2D eigenvalue weighted by molar-refractivity contribution is 0.884. The first-order valence-electron chi connectivity index (χ1n) is 3.87. The van der Waals surface area contributed by atoms with Crippen LogP contribution in [-0.2, 0) is 0 Å². The van der Waals surface area contributed by atoms with Crippen molar-refractivity contribution in [2.45, 2.75) is 6.92 Å². The molecule has 5 nitrogen and oxygen atoms in total. The van der Waals surface area contributed by atoms with Gasteiger partial charge in [-0.2, -0.15) is 0 Å². The van der Waals surface area contributed by atoms with Crippen LogP contribution in [0.15, 0.2) is 24.5 Å². The minimum Gasteiger partial charge on any atom is -0.382 e. The van der Waals surface area contributed by atoms with Gasteiger partial charge in [-0.3, -0.25) is 4.57 Å². The highest BCUT2D eigenvalue weighted by molar-refractivity contribution is 5.31. The third-order valence-corrected chi connectivity index (χ3v) is 1.74. The Morgan fingerprint density at radius 1 is 1.31 bits per heavy atom. The van der Waals surface area contributed by atoms with Crippen molar-refractivity contribution < 1.29 is 0 Å². The molecule has 0 amide bonds. The Morgan fingerprint density at radius 2 is 2.15 bits per heavy atom. The minimum atomic E-state index is 0.418. The first-order chi connectivity index (χ1) is 6.27. The zero-order valence-electron chi connectivity index (χ0n) is 7.18. The predicted molar refractivity (Wildman–Crippen MR) is 48.3 cm³/mol. The van der Waals surface area contributed by atoms with Crippen LogP contribution in [0.1, 0.15) is 5.82 Å². The molecule has 0 saturated carbocycles. The molecule has 0 unspecified atom stereocenters. The molecule has 0 radical (unpaired) electrons. The van der Waals surface area contributed by atoms with Crippen molar-refractivity contribution in [1.29, 1.82) is 0 Å². The van der Waals surface area contributed by atoms with Crippen LogP contribution in [0.25, 0.3) is 5.82 Å². The summed E-state index contributed by atoms with van der Waals surface area (Å²) in [6, 6.07) is 3.51. The maximum absolute atomic E-state index is 5.42. The summed E-state index contributed by atoms with van der Waals surface area (Å²) in [6.45, 7) is 1.90. The van der Waals surface area contributed by atoms with E-state index in [4.69, 9.17) is 5.73 Å². The zero-order chi connectivity index (χ0) is 9.26. The molecule has 0 aromatic carbocycles. The number of nitrogens with zero attached hydrogens (tertiary/aromatic N) is 4. The Labute approximate surface area is 75.2 Å². The van der Waals surface area contributed by atoms with Gasteiger partial charge in [-0.05, 0) is 19.1 Å². The van der Waals surface area contributed by atoms with E-state index in [0.717, 1.165) is 11.6 Å². The minimum absolute atomic E-state index is 0.418. The first kappa shape index (κ1) is 7.72. The number of aryl methyl sites for hydroxylation is 1. The van der Waals surface area contributed by atoms with Gasteiger partial charge in [0.1, 0.15) is 11.6 Å². The van der Waals surface area contributed by atoms with Crippen molar-refractivity contribution in [3.63, 3.8) is 0 Å². The summed E-state index contributed by atoms with van der Waals surface area (Å²) in [5.41, 5.74) is 5.42. The number of nitrogen functional groups attached to an aromatic ring is 1. The van der Waals surface area contributed by atoms with E-state index in [9.17, 15) is 0 Å². The Balaban J connectivity index is 2.47. The number of nitrogens with two attached hydrogens (primary N) is 1. The van der Waals surface area contributed by atoms with Gasteiger partial charge in [-0.25, -0.2) is 4.98 Å². The van der Waals surface area contributed by atoms with Gasteiger partial charge in [0, 0.05) is 12.4 Å². The van der Waals surface area contributed by atoms with Crippen LogP contribution in [0.4, 0.5) is 5.82 Å². The van der Waals surface area contributed by atoms with E-state index in [1.54, 1.807) is 18.3 Å². The van der Waals surface area contributed by atoms with Gasteiger partial charge in [0.15, 0.2) is 5.82 Å². The van der Waals surface area contributed by atoms with E-state index in [2.05, 4.69) is 15.2 Å². The first-order valence-corrected chi connectivity index (χ1v) is 3.87. The lowest BCUT2D eigenvalue weighted by Gasteiger charge is -2.01. The fourth-order valence-corrected chi connectivity index (χ4v) is 1.08. The quantitative estimate of drug-likeness (QED) is 0.687. The number of aromatic nitrogens is 4. The van der Waals surface area contributed by atoms with Crippen molar-refractivity contribution in [2.24, 2.45) is 0 Å². The highest BCUT2D eigenvalue weighted by atomic mass is 15.2. The van der Waals surface area contributed by atoms with E-state index >= 15 is 0 Å². The highest BCUT2D eigenvalue weighted by Gasteiger charge is 2.00. The van der Waals surface area contributed by atoms with Gasteiger partial charge in [-0.1, -0.05) is 0 Å². The van der Waals surface area contributed by atoms with Crippen LogP contribution in [0.3, 0.4) is 0 Å². The number of hydrogen-bond acceptors (Lipinski definition) is 4. The van der Waals surface area contributed by atoms with Crippen molar-refractivity contribution in [2.75, 3.05) is 5.73 Å². The lowest BCUT2D eigenvalue weighted by atomic mass is 10.5. The molecule has 0 saturated heterocycles. The maximum atomic E-state index is 5.42. The molecular weight excluding hydrogens is 166 g/mol. The Kier molecular flexibility index (Phi) is 1.70. The fraction of sp³-hybridized carbons (Fsp3) is 0.125. The molecule has 0 atom stereocenters. The van der Waals surface area contributed by atoms with E-state index in [1.807, 2.05) is 17.7 Å². The Morgan fingerprint density at radius 3 is 2.69 bits per heavy atom. The molecule has 0 aliphatic rings. The van der Waals surface area contributed by atoms with Crippen LogP contribution >= 0.6 is 0 Å². The summed E-state index contributed by atoms with van der Waals surface area (Å²) in [5.74, 6) is 2.02. The standard InChI is InChI=1S/C8H9N5/c1-6-10-4-5-13(6)8-3-2-7(9)11-12-8/h2-5H,1H3,(H2,9,11). The SMILES string of the molecule is Cc1nccn1-c1ccc(N)nn1. The largest absolute Gasteiger partial charge is 0.382 e. The van der Waals surface area contributed by atoms with Crippen molar-refractivity contribution in [1.82, 2.24) is 19.7 Å². The molecule has 0 aliphatic carbocycles. The average molecular weight is 175 g/mol. The third kappa shape index (κ3) is 1.35. The molecule has 2 rings (SSSR count). The van der Waals surface area contributed by atoms with E-state index in [0.29, 0.717) is 5.82 Å². The molecule has 2 aromatic heterocycles. The van der Waals surface area contributed by atoms with Crippen LogP contribution in [-0.4, -0.2) is 19.7 Å². The summed E-state index contributed by atoms with van der Waals surface area (Å²) in [5, 5.41) is 7.68. The highest BCUT2D eigenvalue weighted by Crippen LogP contribution is 2.06. The second kappa shape index (κ2) is 2.85. The Hall–Kier alpha value is -1.91. The van der Waals surface area contributed by atoms with Gasteiger partial charge in [0.2, 0.25) is 0 Å². The Bertz CT molecular complexity index is 403. The normalized spacial score (nSPS) is 10.2. The molecule has 13 heavy (non-hydrogen) atoms. The van der Waals surface area contributed by atoms with E-state index < -0.39 is 0 Å². The number of anilines is 1. The van der Waals surface area contributed by atoms with Crippen molar-refractivity contribution in [3.8, 4) is 5.82 Å². The molecule has 0 fully saturated rings. The number of rotatable bonds is 1. The molecule has 2 heterocycles. The van der Waals surface area contributed by atoms with E-state index in [1.165, 1.54) is 0 Å².